The smallest absolute Gasteiger partial charge is 0.313 e. The Kier molecular flexibility index (Phi) is 32.4. The number of carbonyl (C=O) groups is 1. The Morgan fingerprint density at radius 2 is 0.662 bits per heavy atom. The van der Waals surface area contributed by atoms with E-state index in [0.29, 0.717) is 139 Å². The van der Waals surface area contributed by atoms with Crippen molar-refractivity contribution < 1.29 is 93.1 Å². The number of ether oxygens (including phenoxy) is 14. The van der Waals surface area contributed by atoms with Crippen LogP contribution in [0.2, 0.25) is 0 Å². The zero-order valence-corrected chi connectivity index (χ0v) is 42.0. The highest BCUT2D eigenvalue weighted by Crippen LogP contribution is 2.37. The highest BCUT2D eigenvalue weighted by molar-refractivity contribution is 5.72. The molecule has 0 atom stereocenters. The summed E-state index contributed by atoms with van der Waals surface area (Å²) in [6.45, 7) is 9.48. The summed E-state index contributed by atoms with van der Waals surface area (Å²) in [6, 6.07) is 29.0. The second kappa shape index (κ2) is 38.8. The molecule has 0 amide bonds. The average Bonchev–Trinajstić information content (AvgIpc) is 3.43. The molecule has 1 N–H and O–H groups in total. The predicted molar refractivity (Wildman–Crippen MR) is 260 cm³/mol. The van der Waals surface area contributed by atoms with E-state index in [4.69, 9.17) is 61.6 Å². The average molecular weight is 1060 g/mol. The monoisotopic (exact) mass is 1060 g/mol. The van der Waals surface area contributed by atoms with E-state index in [0.717, 1.165) is 22.4 Å². The van der Waals surface area contributed by atoms with Crippen LogP contribution in [-0.4, -0.2) is 178 Å². The molecule has 0 saturated carbocycles. The molecule has 74 heavy (non-hydrogen) atoms. The van der Waals surface area contributed by atoms with Crippen molar-refractivity contribution >= 4 is 5.97 Å². The Hall–Kier alpha value is -4.72. The van der Waals surface area contributed by atoms with Crippen LogP contribution in [0.5, 0.6) is 11.5 Å². The van der Waals surface area contributed by atoms with E-state index in [2.05, 4.69) is 70.7 Å². The Morgan fingerprint density at radius 3 is 0.986 bits per heavy atom. The number of hydrogen-bond donors (Lipinski definition) is 1. The zero-order valence-electron chi connectivity index (χ0n) is 42.0. The summed E-state index contributed by atoms with van der Waals surface area (Å²) in [7, 11) is 1.67. The summed E-state index contributed by atoms with van der Waals surface area (Å²) in [6.07, 6.45) is -0.493. The quantitative estimate of drug-likeness (QED) is 0.00977. The summed E-state index contributed by atoms with van der Waals surface area (Å²) in [5, 5.41) is 3.82. The maximum atomic E-state index is 13.6. The van der Waals surface area contributed by atoms with E-state index in [1.807, 2.05) is 24.3 Å². The SMILES string of the molecule is COc1ccc(C(NCCOCCOCCOCCOCCOCCOCCOCCOCCOCCOCCOCCOCCC(=O)Oc2c(F)c(F)c(F)c(F)c2F)(c2ccccc2)c2ccccc2)cc1. The van der Waals surface area contributed by atoms with Gasteiger partial charge in [-0.25, -0.2) is 13.2 Å². The van der Waals surface area contributed by atoms with E-state index < -0.39 is 52.8 Å². The lowest BCUT2D eigenvalue weighted by molar-refractivity contribution is -0.136. The van der Waals surface area contributed by atoms with Gasteiger partial charge in [0.2, 0.25) is 34.8 Å². The number of esters is 1. The summed E-state index contributed by atoms with van der Waals surface area (Å²) in [5.41, 5.74) is 2.76. The van der Waals surface area contributed by atoms with Gasteiger partial charge in [0.1, 0.15) is 5.75 Å². The molecule has 0 aromatic heterocycles. The molecule has 0 spiro atoms. The van der Waals surface area contributed by atoms with Gasteiger partial charge in [-0.1, -0.05) is 72.8 Å². The number of rotatable bonds is 45. The molecule has 0 saturated heterocycles. The molecule has 0 aliphatic heterocycles. The van der Waals surface area contributed by atoms with Crippen molar-refractivity contribution in [3.63, 3.8) is 0 Å². The van der Waals surface area contributed by atoms with Crippen molar-refractivity contribution in [1.29, 1.82) is 0 Å². The number of methoxy groups -OCH3 is 1. The fourth-order valence-corrected chi connectivity index (χ4v) is 6.85. The third-order valence-electron chi connectivity index (χ3n) is 10.5. The van der Waals surface area contributed by atoms with Gasteiger partial charge in [0.25, 0.3) is 0 Å². The van der Waals surface area contributed by atoms with Crippen LogP contribution in [0.1, 0.15) is 23.1 Å². The number of carbonyl (C=O) groups excluding carboxylic acids is 1. The van der Waals surface area contributed by atoms with Gasteiger partial charge in [-0.05, 0) is 28.8 Å². The van der Waals surface area contributed by atoms with E-state index >= 15 is 0 Å². The Bertz CT molecular complexity index is 2000. The van der Waals surface area contributed by atoms with Gasteiger partial charge in [0, 0.05) is 6.54 Å². The van der Waals surface area contributed by atoms with E-state index in [1.165, 1.54) is 0 Å². The lowest BCUT2D eigenvalue weighted by atomic mass is 9.77. The van der Waals surface area contributed by atoms with E-state index in [-0.39, 0.29) is 26.4 Å². The summed E-state index contributed by atoms with van der Waals surface area (Å²) in [5.74, 6) is -13.4. The first-order valence-corrected chi connectivity index (χ1v) is 24.4. The van der Waals surface area contributed by atoms with Gasteiger partial charge < -0.3 is 66.3 Å². The van der Waals surface area contributed by atoms with Crippen LogP contribution in [0.3, 0.4) is 0 Å². The normalized spacial score (nSPS) is 11.6. The van der Waals surface area contributed by atoms with Crippen molar-refractivity contribution in [3.8, 4) is 11.5 Å². The molecular weight excluding hydrogens is 986 g/mol. The highest BCUT2D eigenvalue weighted by atomic mass is 19.2. The molecule has 0 fully saturated rings. The molecule has 21 heteroatoms. The fourth-order valence-electron chi connectivity index (χ4n) is 6.85. The molecule has 0 bridgehead atoms. The molecule has 412 valence electrons. The third kappa shape index (κ3) is 23.4. The highest BCUT2D eigenvalue weighted by Gasteiger charge is 2.36. The van der Waals surface area contributed by atoms with Crippen molar-refractivity contribution in [2.75, 3.05) is 172 Å². The number of hydrogen-bond acceptors (Lipinski definition) is 16. The molecule has 0 heterocycles. The van der Waals surface area contributed by atoms with Crippen LogP contribution in [0.15, 0.2) is 84.9 Å². The molecule has 16 nitrogen and oxygen atoms in total. The second-order valence-electron chi connectivity index (χ2n) is 15.6. The summed E-state index contributed by atoms with van der Waals surface area (Å²) in [4.78, 5) is 11.7. The maximum absolute atomic E-state index is 13.6. The summed E-state index contributed by atoms with van der Waals surface area (Å²) < 4.78 is 142. The zero-order chi connectivity index (χ0) is 52.7. The first-order chi connectivity index (χ1) is 36.3. The van der Waals surface area contributed by atoms with Gasteiger partial charge in [0.15, 0.2) is 0 Å². The second-order valence-corrected chi connectivity index (χ2v) is 15.6. The first-order valence-electron chi connectivity index (χ1n) is 24.4. The van der Waals surface area contributed by atoms with Crippen molar-refractivity contribution in [2.45, 2.75) is 12.0 Å². The number of halogens is 5. The van der Waals surface area contributed by atoms with Crippen LogP contribution >= 0.6 is 0 Å². The molecule has 0 aliphatic carbocycles. The van der Waals surface area contributed by atoms with Gasteiger partial charge in [-0.15, -0.1) is 0 Å². The molecule has 0 radical (unpaired) electrons. The predicted octanol–water partition coefficient (Wildman–Crippen LogP) is 6.47. The molecule has 4 rings (SSSR count). The van der Waals surface area contributed by atoms with Crippen LogP contribution in [0.25, 0.3) is 0 Å². The lowest BCUT2D eigenvalue weighted by Crippen LogP contribution is -2.46. The fraction of sp³-hybridized carbons (Fsp3) is 0.528. The Balaban J connectivity index is 0.824. The van der Waals surface area contributed by atoms with Gasteiger partial charge >= 0.3 is 5.97 Å². The van der Waals surface area contributed by atoms with E-state index in [9.17, 15) is 26.7 Å². The summed E-state index contributed by atoms with van der Waals surface area (Å²) >= 11 is 0. The Labute approximate surface area is 429 Å². The van der Waals surface area contributed by atoms with Crippen molar-refractivity contribution in [2.24, 2.45) is 0 Å². The topological polar surface area (TPSA) is 158 Å². The maximum Gasteiger partial charge on any atom is 0.313 e. The van der Waals surface area contributed by atoms with Crippen LogP contribution in [-0.2, 0) is 67.2 Å². The molecular formula is C53H70F5NO15. The number of benzene rings is 4. The third-order valence-corrected chi connectivity index (χ3v) is 10.5. The van der Waals surface area contributed by atoms with Gasteiger partial charge in [-0.2, -0.15) is 8.78 Å². The minimum Gasteiger partial charge on any atom is -0.497 e. The van der Waals surface area contributed by atoms with Crippen molar-refractivity contribution in [1.82, 2.24) is 5.32 Å². The van der Waals surface area contributed by atoms with Crippen LogP contribution < -0.4 is 14.8 Å². The van der Waals surface area contributed by atoms with Crippen molar-refractivity contribution in [3.05, 3.63) is 131 Å². The first kappa shape index (κ1) is 61.8. The molecule has 0 aliphatic rings. The largest absolute Gasteiger partial charge is 0.497 e. The number of nitrogens with one attached hydrogen (secondary N) is 1. The molecule has 0 unspecified atom stereocenters. The molecule has 4 aromatic rings. The van der Waals surface area contributed by atoms with E-state index in [1.54, 1.807) is 7.11 Å². The standard InChI is InChI=1S/C53H70F5NO15/c1-61-45-14-12-44(13-15-45)53(42-8-4-2-5-9-42,43-10-6-3-7-11-43)59-17-19-63-21-23-65-25-27-67-29-31-69-33-35-71-37-39-73-41-40-72-38-36-70-34-32-68-30-28-66-26-24-64-22-20-62-18-16-46(60)74-52-50(57)48(55)47(54)49(56)51(52)58/h2-15,59H,16-41H2,1H3. The molecule has 4 aromatic carbocycles. The van der Waals surface area contributed by atoms with Crippen LogP contribution in [0.4, 0.5) is 22.0 Å². The van der Waals surface area contributed by atoms with Gasteiger partial charge in [0.05, 0.1) is 178 Å². The van der Waals surface area contributed by atoms with Gasteiger partial charge in [-0.3, -0.25) is 10.1 Å². The lowest BCUT2D eigenvalue weighted by Gasteiger charge is -2.37. The Morgan fingerprint density at radius 1 is 0.378 bits per heavy atom. The minimum absolute atomic E-state index is 0.0733. The minimum atomic E-state index is -2.35. The van der Waals surface area contributed by atoms with Crippen LogP contribution in [0, 0.1) is 29.1 Å².